The van der Waals surface area contributed by atoms with Gasteiger partial charge >= 0.3 is 0 Å². The van der Waals surface area contributed by atoms with Crippen LogP contribution in [0.5, 0.6) is 0 Å². The Kier molecular flexibility index (Phi) is 14.5. The minimum absolute atomic E-state index is 0.899. The van der Waals surface area contributed by atoms with Gasteiger partial charge < -0.3 is 19.6 Å². The fraction of sp³-hybridized carbons (Fsp3) is 0. The van der Waals surface area contributed by atoms with Gasteiger partial charge in [0, 0.05) is 123 Å². The van der Waals surface area contributed by atoms with Gasteiger partial charge in [0.25, 0.3) is 0 Å². The van der Waals surface area contributed by atoms with Crippen molar-refractivity contribution < 1.29 is 0 Å². The van der Waals surface area contributed by atoms with Crippen LogP contribution in [-0.2, 0) is 0 Å². The molecule has 0 spiro atoms. The van der Waals surface area contributed by atoms with Crippen molar-refractivity contribution in [3.8, 4) is 45.0 Å². The maximum atomic E-state index is 5.84. The van der Waals surface area contributed by atoms with Crippen LogP contribution >= 0.6 is 0 Å². The lowest BCUT2D eigenvalue weighted by Gasteiger charge is -2.26. The number of anilines is 12. The van der Waals surface area contributed by atoms with Crippen molar-refractivity contribution >= 4 is 101 Å². The average Bonchev–Trinajstić information content (AvgIpc) is 0.711. The number of nitrogens with zero attached hydrogens (tertiary/aromatic N) is 6. The predicted molar refractivity (Wildman–Crippen MR) is 386 cm³/mol. The molecule has 0 bridgehead atoms. The molecule has 14 aromatic carbocycles. The first kappa shape index (κ1) is 55.0. The summed E-state index contributed by atoms with van der Waals surface area (Å²) in [4.78, 5) is 20.9. The Bertz CT molecular complexity index is 4330. The number of hydrogen-bond acceptors (Lipinski definition) is 6. The standard InChI is InChI=1S/C86H60N6/c1-9-25-65(26-10-1)89(66-27-11-2-12-28-66)73-49-41-61(42-50-73)83-77-57-58-79-82-80(60-59-78(81(77)82)84(87-83)62-43-51-74(52-44-62)90(67-29-13-3-14-30-67)68-31-15-4-16-32-68)86(64-47-55-76(56-48-64)92(71-37-21-7-22-38-71)72-39-23-8-24-40-72)88-85(79)63-45-53-75(54-46-63)91(69-33-17-5-18-34-69)70-35-19-6-20-36-70/h1-60H. The Balaban J connectivity index is 0.917. The summed E-state index contributed by atoms with van der Waals surface area (Å²) in [5, 5.41) is 6.51. The van der Waals surface area contributed by atoms with E-state index in [0.717, 1.165) is 146 Å². The highest BCUT2D eigenvalue weighted by molar-refractivity contribution is 6.30. The van der Waals surface area contributed by atoms with E-state index < -0.39 is 0 Å². The Hall–Kier alpha value is -12.4. The smallest absolute Gasteiger partial charge is 0.0788 e. The van der Waals surface area contributed by atoms with Crippen molar-refractivity contribution in [3.63, 3.8) is 0 Å². The molecule has 92 heavy (non-hydrogen) atoms. The molecule has 434 valence electrons. The van der Waals surface area contributed by atoms with Crippen LogP contribution in [0.15, 0.2) is 364 Å². The van der Waals surface area contributed by atoms with Gasteiger partial charge in [-0.2, -0.15) is 0 Å². The van der Waals surface area contributed by atoms with Crippen molar-refractivity contribution in [1.29, 1.82) is 0 Å². The van der Waals surface area contributed by atoms with E-state index in [9.17, 15) is 0 Å². The van der Waals surface area contributed by atoms with Crippen LogP contribution < -0.4 is 19.6 Å². The van der Waals surface area contributed by atoms with E-state index in [1.54, 1.807) is 0 Å². The molecule has 0 atom stereocenters. The molecule has 2 heterocycles. The zero-order valence-corrected chi connectivity index (χ0v) is 50.3. The molecule has 2 aromatic heterocycles. The fourth-order valence-electron chi connectivity index (χ4n) is 13.1. The highest BCUT2D eigenvalue weighted by Crippen LogP contribution is 2.49. The Morgan fingerprint density at radius 1 is 0.141 bits per heavy atom. The van der Waals surface area contributed by atoms with E-state index in [2.05, 4.69) is 384 Å². The fourth-order valence-corrected chi connectivity index (χ4v) is 13.1. The molecule has 6 heteroatoms. The van der Waals surface area contributed by atoms with Crippen LogP contribution in [0.2, 0.25) is 0 Å². The van der Waals surface area contributed by atoms with Gasteiger partial charge in [-0.1, -0.05) is 218 Å². The molecule has 16 rings (SSSR count). The van der Waals surface area contributed by atoms with Gasteiger partial charge in [0.1, 0.15) is 0 Å². The van der Waals surface area contributed by atoms with Crippen LogP contribution in [0.3, 0.4) is 0 Å². The minimum atomic E-state index is 0.899. The molecule has 0 fully saturated rings. The number of aromatic nitrogens is 2. The van der Waals surface area contributed by atoms with Crippen molar-refractivity contribution in [2.75, 3.05) is 19.6 Å². The van der Waals surface area contributed by atoms with Gasteiger partial charge in [-0.25, -0.2) is 9.97 Å². The molecular formula is C86H60N6. The Morgan fingerprint density at radius 3 is 0.435 bits per heavy atom. The van der Waals surface area contributed by atoms with Gasteiger partial charge in [0.05, 0.1) is 22.8 Å². The number of hydrogen-bond donors (Lipinski definition) is 0. The third-order valence-corrected chi connectivity index (χ3v) is 17.3. The lowest BCUT2D eigenvalue weighted by molar-refractivity contribution is 1.28. The lowest BCUT2D eigenvalue weighted by Crippen LogP contribution is -2.09. The molecule has 0 radical (unpaired) electrons. The average molecular weight is 1180 g/mol. The number of pyridine rings is 2. The summed E-state index contributed by atoms with van der Waals surface area (Å²) in [6.45, 7) is 0. The maximum absolute atomic E-state index is 5.84. The van der Waals surface area contributed by atoms with Crippen LogP contribution in [-0.4, -0.2) is 9.97 Å². The van der Waals surface area contributed by atoms with Gasteiger partial charge in [-0.15, -0.1) is 0 Å². The number of rotatable bonds is 16. The largest absolute Gasteiger partial charge is 0.311 e. The molecule has 0 unspecified atom stereocenters. The highest BCUT2D eigenvalue weighted by Gasteiger charge is 2.25. The van der Waals surface area contributed by atoms with Crippen LogP contribution in [0.1, 0.15) is 0 Å². The Labute approximate surface area is 536 Å². The van der Waals surface area contributed by atoms with E-state index in [1.165, 1.54) is 0 Å². The molecule has 0 aliphatic rings. The second kappa shape index (κ2) is 24.3. The van der Waals surface area contributed by atoms with Gasteiger partial charge in [0.15, 0.2) is 0 Å². The summed E-state index contributed by atoms with van der Waals surface area (Å²) in [5.74, 6) is 0. The molecule has 0 aliphatic heterocycles. The minimum Gasteiger partial charge on any atom is -0.311 e. The van der Waals surface area contributed by atoms with E-state index >= 15 is 0 Å². The monoisotopic (exact) mass is 1180 g/mol. The predicted octanol–water partition coefficient (Wildman–Crippen LogP) is 23.9. The molecule has 0 saturated carbocycles. The molecule has 0 amide bonds. The topological polar surface area (TPSA) is 38.7 Å². The molecule has 16 aromatic rings. The third kappa shape index (κ3) is 10.4. The van der Waals surface area contributed by atoms with Crippen LogP contribution in [0.4, 0.5) is 68.2 Å². The summed E-state index contributed by atoms with van der Waals surface area (Å²) in [6, 6.07) is 129. The highest BCUT2D eigenvalue weighted by atomic mass is 15.2. The lowest BCUT2D eigenvalue weighted by atomic mass is 9.87. The summed E-state index contributed by atoms with van der Waals surface area (Å²) < 4.78 is 0. The van der Waals surface area contributed by atoms with E-state index in [4.69, 9.17) is 9.97 Å². The van der Waals surface area contributed by atoms with Crippen molar-refractivity contribution in [3.05, 3.63) is 364 Å². The first-order chi connectivity index (χ1) is 45.7. The molecule has 0 aliphatic carbocycles. The zero-order valence-electron chi connectivity index (χ0n) is 50.3. The third-order valence-electron chi connectivity index (χ3n) is 17.3. The van der Waals surface area contributed by atoms with Gasteiger partial charge in [-0.05, 0) is 146 Å². The van der Waals surface area contributed by atoms with Crippen molar-refractivity contribution in [2.24, 2.45) is 0 Å². The number of benzene rings is 14. The summed E-state index contributed by atoms with van der Waals surface area (Å²) >= 11 is 0. The van der Waals surface area contributed by atoms with Crippen molar-refractivity contribution in [2.45, 2.75) is 0 Å². The van der Waals surface area contributed by atoms with Gasteiger partial charge in [-0.3, -0.25) is 0 Å². The van der Waals surface area contributed by atoms with Crippen LogP contribution in [0.25, 0.3) is 77.3 Å². The van der Waals surface area contributed by atoms with E-state index in [-0.39, 0.29) is 0 Å². The zero-order chi connectivity index (χ0) is 61.2. The molecule has 0 N–H and O–H groups in total. The van der Waals surface area contributed by atoms with Crippen molar-refractivity contribution in [1.82, 2.24) is 9.97 Å². The summed E-state index contributed by atoms with van der Waals surface area (Å²) in [7, 11) is 0. The SMILES string of the molecule is c1ccc(N(c2ccccc2)c2ccc(-c3nc(-c4ccc(N(c5ccccc5)c5ccccc5)cc4)c4ccc5c(-c6ccc(N(c7ccccc7)c7ccccc7)cc6)nc(-c6ccc(N(c7ccccc7)c7ccccc7)cc6)c6ccc3c4c65)cc2)cc1. The second-order valence-electron chi connectivity index (χ2n) is 22.9. The maximum Gasteiger partial charge on any atom is 0.0788 e. The van der Waals surface area contributed by atoms with Crippen LogP contribution in [0, 0.1) is 0 Å². The van der Waals surface area contributed by atoms with Gasteiger partial charge in [0.2, 0.25) is 0 Å². The first-order valence-electron chi connectivity index (χ1n) is 31.2. The Morgan fingerprint density at radius 2 is 0.283 bits per heavy atom. The second-order valence-corrected chi connectivity index (χ2v) is 22.9. The molecule has 6 nitrogen and oxygen atoms in total. The molecule has 0 saturated heterocycles. The summed E-state index contributed by atoms with van der Waals surface area (Å²) in [6.07, 6.45) is 0. The molecular weight excluding hydrogens is 1120 g/mol. The first-order valence-corrected chi connectivity index (χ1v) is 31.2. The summed E-state index contributed by atoms with van der Waals surface area (Å²) in [5.41, 5.74) is 20.5. The number of para-hydroxylation sites is 8. The normalized spacial score (nSPS) is 11.3. The van der Waals surface area contributed by atoms with E-state index in [0.29, 0.717) is 0 Å². The van der Waals surface area contributed by atoms with E-state index in [1.807, 2.05) is 0 Å². The quantitative estimate of drug-likeness (QED) is 0.0898.